The highest BCUT2D eigenvalue weighted by molar-refractivity contribution is 5.66. The van der Waals surface area contributed by atoms with E-state index in [2.05, 4.69) is 11.8 Å². The van der Waals surface area contributed by atoms with Crippen molar-refractivity contribution in [1.29, 1.82) is 0 Å². The Hall–Kier alpha value is -0.650. The minimum atomic E-state index is -0.716. The Kier molecular flexibility index (Phi) is 5.19. The minimum absolute atomic E-state index is 0.0161. The van der Waals surface area contributed by atoms with Gasteiger partial charge in [-0.15, -0.1) is 0 Å². The summed E-state index contributed by atoms with van der Waals surface area (Å²) in [4.78, 5) is 13.0. The van der Waals surface area contributed by atoms with Crippen LogP contribution in [0.3, 0.4) is 0 Å². The van der Waals surface area contributed by atoms with Crippen molar-refractivity contribution in [2.24, 2.45) is 0 Å². The summed E-state index contributed by atoms with van der Waals surface area (Å²) in [6.45, 7) is 6.01. The van der Waals surface area contributed by atoms with Gasteiger partial charge in [0.15, 0.2) is 0 Å². The van der Waals surface area contributed by atoms with Gasteiger partial charge in [0.1, 0.15) is 0 Å². The molecule has 0 saturated carbocycles. The highest BCUT2D eigenvalue weighted by Gasteiger charge is 2.40. The van der Waals surface area contributed by atoms with Crippen LogP contribution in [0.15, 0.2) is 0 Å². The zero-order valence-corrected chi connectivity index (χ0v) is 11.8. The molecule has 5 heteroatoms. The molecule has 0 aromatic heterocycles. The van der Waals surface area contributed by atoms with Gasteiger partial charge in [-0.05, 0) is 32.2 Å². The van der Waals surface area contributed by atoms with Crippen LogP contribution in [-0.4, -0.2) is 60.5 Å². The Labute approximate surface area is 114 Å². The van der Waals surface area contributed by atoms with Gasteiger partial charge in [-0.25, -0.2) is 0 Å². The van der Waals surface area contributed by atoms with Crippen LogP contribution >= 0.6 is 0 Å². The number of aliphatic carboxylic acids is 1. The summed E-state index contributed by atoms with van der Waals surface area (Å²) in [5.74, 6) is -0.716. The molecule has 5 nitrogen and oxygen atoms in total. The fourth-order valence-corrected chi connectivity index (χ4v) is 3.24. The van der Waals surface area contributed by atoms with E-state index in [0.29, 0.717) is 12.6 Å². The summed E-state index contributed by atoms with van der Waals surface area (Å²) >= 11 is 0. The van der Waals surface area contributed by atoms with E-state index in [1.165, 1.54) is 0 Å². The fourth-order valence-electron chi connectivity index (χ4n) is 3.24. The number of ether oxygens (including phenoxy) is 2. The van der Waals surface area contributed by atoms with Crippen LogP contribution in [-0.2, 0) is 14.3 Å². The quantitative estimate of drug-likeness (QED) is 0.821. The van der Waals surface area contributed by atoms with Crippen molar-refractivity contribution in [3.8, 4) is 0 Å². The van der Waals surface area contributed by atoms with Gasteiger partial charge in [0.25, 0.3) is 0 Å². The normalized spacial score (nSPS) is 26.7. The summed E-state index contributed by atoms with van der Waals surface area (Å²) < 4.78 is 11.5. The molecule has 19 heavy (non-hydrogen) atoms. The Balaban J connectivity index is 1.92. The highest BCUT2D eigenvalue weighted by atomic mass is 16.5. The van der Waals surface area contributed by atoms with Crippen LogP contribution in [0.1, 0.15) is 39.0 Å². The maximum absolute atomic E-state index is 10.7. The van der Waals surface area contributed by atoms with Crippen molar-refractivity contribution in [3.63, 3.8) is 0 Å². The standard InChI is InChI=1S/C14H25NO4/c1-2-15(7-3-13(16)17)12-4-8-19-14(11-12)5-9-18-10-6-14/h12H,2-11H2,1H3,(H,16,17). The lowest BCUT2D eigenvalue weighted by Gasteiger charge is -2.46. The average Bonchev–Trinajstić information content (AvgIpc) is 2.40. The van der Waals surface area contributed by atoms with Gasteiger partial charge in [-0.1, -0.05) is 6.92 Å². The molecule has 1 atom stereocenters. The number of carbonyl (C=O) groups is 1. The zero-order chi connectivity index (χ0) is 13.7. The molecular formula is C14H25NO4. The molecule has 110 valence electrons. The molecule has 1 spiro atoms. The minimum Gasteiger partial charge on any atom is -0.481 e. The van der Waals surface area contributed by atoms with E-state index in [4.69, 9.17) is 14.6 Å². The Bertz CT molecular complexity index is 296. The predicted octanol–water partition coefficient (Wildman–Crippen LogP) is 1.51. The summed E-state index contributed by atoms with van der Waals surface area (Å²) in [7, 11) is 0. The van der Waals surface area contributed by atoms with Gasteiger partial charge >= 0.3 is 5.97 Å². The summed E-state index contributed by atoms with van der Waals surface area (Å²) in [5, 5.41) is 8.83. The third-order valence-electron chi connectivity index (χ3n) is 4.41. The number of rotatable bonds is 5. The Morgan fingerprint density at radius 3 is 2.74 bits per heavy atom. The molecule has 2 heterocycles. The monoisotopic (exact) mass is 271 g/mol. The smallest absolute Gasteiger partial charge is 0.304 e. The number of carboxylic acid groups (broad SMARTS) is 1. The molecule has 0 bridgehead atoms. The summed E-state index contributed by atoms with van der Waals surface area (Å²) in [6, 6.07) is 0.455. The van der Waals surface area contributed by atoms with Crippen LogP contribution < -0.4 is 0 Å². The average molecular weight is 271 g/mol. The van der Waals surface area contributed by atoms with Gasteiger partial charge in [0.05, 0.1) is 12.0 Å². The molecule has 2 aliphatic rings. The summed E-state index contributed by atoms with van der Waals surface area (Å²) in [5.41, 5.74) is -0.0161. The maximum atomic E-state index is 10.7. The van der Waals surface area contributed by atoms with E-state index in [0.717, 1.165) is 52.0 Å². The number of hydrogen-bond acceptors (Lipinski definition) is 4. The second kappa shape index (κ2) is 6.68. The van der Waals surface area contributed by atoms with Gasteiger partial charge in [0, 0.05) is 32.4 Å². The van der Waals surface area contributed by atoms with Crippen molar-refractivity contribution in [2.45, 2.75) is 50.7 Å². The molecule has 0 aliphatic carbocycles. The third-order valence-corrected chi connectivity index (χ3v) is 4.41. The lowest BCUT2D eigenvalue weighted by molar-refractivity contribution is -0.152. The molecule has 2 fully saturated rings. The molecule has 0 radical (unpaired) electrons. The molecule has 2 rings (SSSR count). The van der Waals surface area contributed by atoms with Crippen molar-refractivity contribution in [1.82, 2.24) is 4.90 Å². The number of carboxylic acids is 1. The van der Waals surface area contributed by atoms with E-state index in [1.54, 1.807) is 0 Å². The van der Waals surface area contributed by atoms with E-state index in [-0.39, 0.29) is 12.0 Å². The highest BCUT2D eigenvalue weighted by Crippen LogP contribution is 2.36. The van der Waals surface area contributed by atoms with Gasteiger partial charge < -0.3 is 14.6 Å². The van der Waals surface area contributed by atoms with Gasteiger partial charge in [0.2, 0.25) is 0 Å². The van der Waals surface area contributed by atoms with Crippen LogP contribution in [0.25, 0.3) is 0 Å². The van der Waals surface area contributed by atoms with E-state index in [9.17, 15) is 4.79 Å². The van der Waals surface area contributed by atoms with E-state index in [1.807, 2.05) is 0 Å². The van der Waals surface area contributed by atoms with Crippen molar-refractivity contribution < 1.29 is 19.4 Å². The second-order valence-corrected chi connectivity index (χ2v) is 5.56. The third kappa shape index (κ3) is 3.91. The SMILES string of the molecule is CCN(CCC(=O)O)C1CCOC2(CCOCC2)C1. The molecule has 0 aromatic rings. The van der Waals surface area contributed by atoms with Crippen LogP contribution in [0.2, 0.25) is 0 Å². The molecular weight excluding hydrogens is 246 g/mol. The first kappa shape index (κ1) is 14.8. The number of nitrogens with zero attached hydrogens (tertiary/aromatic N) is 1. The molecule has 0 aromatic carbocycles. The lowest BCUT2D eigenvalue weighted by Crippen LogP contribution is -2.51. The topological polar surface area (TPSA) is 59.0 Å². The molecule has 1 unspecified atom stereocenters. The number of hydrogen-bond donors (Lipinski definition) is 1. The lowest BCUT2D eigenvalue weighted by atomic mass is 9.83. The zero-order valence-electron chi connectivity index (χ0n) is 11.8. The largest absolute Gasteiger partial charge is 0.481 e. The first-order valence-corrected chi connectivity index (χ1v) is 7.33. The van der Waals surface area contributed by atoms with E-state index < -0.39 is 5.97 Å². The van der Waals surface area contributed by atoms with Crippen molar-refractivity contribution in [3.05, 3.63) is 0 Å². The van der Waals surface area contributed by atoms with Gasteiger partial charge in [-0.3, -0.25) is 9.69 Å². The van der Waals surface area contributed by atoms with Crippen LogP contribution in [0.4, 0.5) is 0 Å². The molecule has 0 amide bonds. The van der Waals surface area contributed by atoms with Crippen molar-refractivity contribution >= 4 is 5.97 Å². The predicted molar refractivity (Wildman–Crippen MR) is 71.3 cm³/mol. The summed E-state index contributed by atoms with van der Waals surface area (Å²) in [6.07, 6.45) is 4.20. The molecule has 1 N–H and O–H groups in total. The first-order valence-electron chi connectivity index (χ1n) is 7.33. The van der Waals surface area contributed by atoms with Gasteiger partial charge in [-0.2, -0.15) is 0 Å². The van der Waals surface area contributed by atoms with Crippen LogP contribution in [0.5, 0.6) is 0 Å². The second-order valence-electron chi connectivity index (χ2n) is 5.56. The maximum Gasteiger partial charge on any atom is 0.304 e. The van der Waals surface area contributed by atoms with E-state index >= 15 is 0 Å². The fraction of sp³-hybridized carbons (Fsp3) is 0.929. The van der Waals surface area contributed by atoms with Crippen LogP contribution in [0, 0.1) is 0 Å². The molecule has 2 aliphatic heterocycles. The Morgan fingerprint density at radius 2 is 2.11 bits per heavy atom. The Morgan fingerprint density at radius 1 is 1.37 bits per heavy atom. The first-order chi connectivity index (χ1) is 9.15. The molecule has 2 saturated heterocycles. The van der Waals surface area contributed by atoms with Crippen molar-refractivity contribution in [2.75, 3.05) is 32.9 Å².